The highest BCUT2D eigenvalue weighted by atomic mass is 19.1. The van der Waals surface area contributed by atoms with Gasteiger partial charge in [0, 0.05) is 25.7 Å². The second-order valence-corrected chi connectivity index (χ2v) is 3.83. The summed E-state index contributed by atoms with van der Waals surface area (Å²) in [6, 6.07) is 3.61. The van der Waals surface area contributed by atoms with Crippen molar-refractivity contribution in [3.05, 3.63) is 29.6 Å². The number of hydrogen-bond donors (Lipinski definition) is 0. The van der Waals surface area contributed by atoms with E-state index in [0.717, 1.165) is 12.1 Å². The molecule has 1 rings (SSSR count). The van der Waals surface area contributed by atoms with Gasteiger partial charge in [-0.1, -0.05) is 0 Å². The van der Waals surface area contributed by atoms with Gasteiger partial charge in [-0.3, -0.25) is 9.59 Å². The van der Waals surface area contributed by atoms with Crippen LogP contribution in [-0.2, 0) is 4.79 Å². The van der Waals surface area contributed by atoms with E-state index in [-0.39, 0.29) is 17.2 Å². The van der Waals surface area contributed by atoms with E-state index in [0.29, 0.717) is 6.29 Å². The number of rotatable bonds is 4. The number of aldehydes is 1. The van der Waals surface area contributed by atoms with E-state index in [1.807, 2.05) is 0 Å². The van der Waals surface area contributed by atoms with Crippen LogP contribution >= 0.6 is 0 Å². The van der Waals surface area contributed by atoms with Gasteiger partial charge in [-0.2, -0.15) is 0 Å². The summed E-state index contributed by atoms with van der Waals surface area (Å²) in [5, 5.41) is 0. The first-order valence-electron chi connectivity index (χ1n) is 5.07. The van der Waals surface area contributed by atoms with E-state index in [1.54, 1.807) is 21.0 Å². The maximum atomic E-state index is 13.1. The Kier molecular flexibility index (Phi) is 4.20. The Morgan fingerprint density at radius 1 is 1.41 bits per heavy atom. The highest BCUT2D eigenvalue weighted by Crippen LogP contribution is 2.17. The van der Waals surface area contributed by atoms with Gasteiger partial charge in [0.2, 0.25) is 0 Å². The molecule has 1 aromatic rings. The van der Waals surface area contributed by atoms with Gasteiger partial charge in [-0.05, 0) is 19.1 Å². The summed E-state index contributed by atoms with van der Waals surface area (Å²) < 4.78 is 18.4. The Labute approximate surface area is 99.0 Å². The maximum absolute atomic E-state index is 13.1. The van der Waals surface area contributed by atoms with Crippen LogP contribution in [0.2, 0.25) is 0 Å². The lowest BCUT2D eigenvalue weighted by Gasteiger charge is -2.18. The monoisotopic (exact) mass is 239 g/mol. The third kappa shape index (κ3) is 3.55. The quantitative estimate of drug-likeness (QED) is 0.748. The van der Waals surface area contributed by atoms with Crippen molar-refractivity contribution in [2.45, 2.75) is 13.0 Å². The molecule has 0 bridgehead atoms. The zero-order chi connectivity index (χ0) is 13.0. The summed E-state index contributed by atoms with van der Waals surface area (Å²) in [4.78, 5) is 23.4. The Morgan fingerprint density at radius 2 is 2.06 bits per heavy atom. The van der Waals surface area contributed by atoms with Crippen LogP contribution in [0.5, 0.6) is 5.75 Å². The van der Waals surface area contributed by atoms with Crippen molar-refractivity contribution in [3.8, 4) is 5.75 Å². The van der Waals surface area contributed by atoms with Gasteiger partial charge in [-0.15, -0.1) is 0 Å². The summed E-state index contributed by atoms with van der Waals surface area (Å²) in [6.07, 6.45) is -0.208. The molecule has 0 saturated carbocycles. The number of ether oxygens (including phenoxy) is 1. The summed E-state index contributed by atoms with van der Waals surface area (Å²) in [5.74, 6) is -0.647. The number of amides is 1. The summed E-state index contributed by atoms with van der Waals surface area (Å²) >= 11 is 0. The summed E-state index contributed by atoms with van der Waals surface area (Å²) in [7, 11) is 3.20. The fraction of sp³-hybridized carbons (Fsp3) is 0.333. The fourth-order valence-corrected chi connectivity index (χ4v) is 1.34. The largest absolute Gasteiger partial charge is 0.481 e. The van der Waals surface area contributed by atoms with Crippen LogP contribution in [0.4, 0.5) is 4.39 Å². The first kappa shape index (κ1) is 13.2. The van der Waals surface area contributed by atoms with Crippen molar-refractivity contribution in [3.63, 3.8) is 0 Å². The minimum atomic E-state index is -0.730. The third-order valence-corrected chi connectivity index (χ3v) is 2.13. The normalized spacial score (nSPS) is 11.8. The molecule has 0 fully saturated rings. The second-order valence-electron chi connectivity index (χ2n) is 3.83. The zero-order valence-corrected chi connectivity index (χ0v) is 9.94. The molecule has 0 aliphatic carbocycles. The molecule has 0 aliphatic rings. The van der Waals surface area contributed by atoms with Gasteiger partial charge in [0.1, 0.15) is 17.9 Å². The number of likely N-dealkylation sites (N-methyl/N-ethyl adjacent to an activating group) is 1. The van der Waals surface area contributed by atoms with E-state index in [4.69, 9.17) is 4.74 Å². The first-order chi connectivity index (χ1) is 7.93. The third-order valence-electron chi connectivity index (χ3n) is 2.13. The van der Waals surface area contributed by atoms with Crippen molar-refractivity contribution in [2.75, 3.05) is 14.1 Å². The van der Waals surface area contributed by atoms with E-state index in [2.05, 4.69) is 0 Å². The number of halogens is 1. The minimum absolute atomic E-state index is 0.162. The molecule has 0 saturated heterocycles. The van der Waals surface area contributed by atoms with Crippen molar-refractivity contribution in [1.82, 2.24) is 4.90 Å². The summed E-state index contributed by atoms with van der Waals surface area (Å²) in [6.45, 7) is 1.56. The van der Waals surface area contributed by atoms with Crippen LogP contribution in [0, 0.1) is 5.82 Å². The lowest BCUT2D eigenvalue weighted by Crippen LogP contribution is -2.35. The predicted molar refractivity (Wildman–Crippen MR) is 60.6 cm³/mol. The van der Waals surface area contributed by atoms with Crippen molar-refractivity contribution in [2.24, 2.45) is 0 Å². The molecule has 0 aliphatic heterocycles. The van der Waals surface area contributed by atoms with Gasteiger partial charge >= 0.3 is 0 Å². The van der Waals surface area contributed by atoms with E-state index in [9.17, 15) is 14.0 Å². The SMILES string of the molecule is CC(Oc1cc(F)cc(C=O)c1)C(=O)N(C)C. The van der Waals surface area contributed by atoms with Crippen LogP contribution in [0.3, 0.4) is 0 Å². The Balaban J connectivity index is 2.84. The standard InChI is InChI=1S/C12H14FNO3/c1-8(12(16)14(2)3)17-11-5-9(7-15)4-10(13)6-11/h4-8H,1-3H3. The average molecular weight is 239 g/mol. The molecule has 92 valence electrons. The van der Waals surface area contributed by atoms with Gasteiger partial charge in [-0.25, -0.2) is 4.39 Å². The summed E-state index contributed by atoms with van der Waals surface area (Å²) in [5.41, 5.74) is 0.171. The number of benzene rings is 1. The van der Waals surface area contributed by atoms with Crippen LogP contribution in [0.15, 0.2) is 18.2 Å². The molecule has 0 radical (unpaired) electrons. The van der Waals surface area contributed by atoms with Crippen LogP contribution in [0.1, 0.15) is 17.3 Å². The lowest BCUT2D eigenvalue weighted by atomic mass is 10.2. The molecule has 1 atom stereocenters. The number of hydrogen-bond acceptors (Lipinski definition) is 3. The molecule has 1 unspecified atom stereocenters. The Morgan fingerprint density at radius 3 is 2.59 bits per heavy atom. The minimum Gasteiger partial charge on any atom is -0.481 e. The van der Waals surface area contributed by atoms with Gasteiger partial charge in [0.25, 0.3) is 5.91 Å². The van der Waals surface area contributed by atoms with E-state index >= 15 is 0 Å². The van der Waals surface area contributed by atoms with Crippen molar-refractivity contribution < 1.29 is 18.7 Å². The van der Waals surface area contributed by atoms with Crippen LogP contribution < -0.4 is 4.74 Å². The molecule has 1 aromatic carbocycles. The molecular weight excluding hydrogens is 225 g/mol. The zero-order valence-electron chi connectivity index (χ0n) is 9.94. The maximum Gasteiger partial charge on any atom is 0.262 e. The molecule has 0 aromatic heterocycles. The number of nitrogens with zero attached hydrogens (tertiary/aromatic N) is 1. The number of carbonyl (C=O) groups excluding carboxylic acids is 2. The fourth-order valence-electron chi connectivity index (χ4n) is 1.34. The molecule has 0 heterocycles. The number of carbonyl (C=O) groups is 2. The molecule has 17 heavy (non-hydrogen) atoms. The molecule has 5 heteroatoms. The van der Waals surface area contributed by atoms with E-state index in [1.165, 1.54) is 11.0 Å². The van der Waals surface area contributed by atoms with Gasteiger partial charge in [0.05, 0.1) is 0 Å². The second kappa shape index (κ2) is 5.43. The predicted octanol–water partition coefficient (Wildman–Crippen LogP) is 1.49. The Hall–Kier alpha value is -1.91. The highest BCUT2D eigenvalue weighted by molar-refractivity contribution is 5.80. The molecular formula is C12H14FNO3. The van der Waals surface area contributed by atoms with Gasteiger partial charge in [0.15, 0.2) is 6.10 Å². The molecule has 4 nitrogen and oxygen atoms in total. The van der Waals surface area contributed by atoms with Crippen molar-refractivity contribution >= 4 is 12.2 Å². The smallest absolute Gasteiger partial charge is 0.262 e. The highest BCUT2D eigenvalue weighted by Gasteiger charge is 2.16. The molecule has 0 N–H and O–H groups in total. The average Bonchev–Trinajstić information content (AvgIpc) is 2.26. The van der Waals surface area contributed by atoms with Gasteiger partial charge < -0.3 is 9.64 Å². The van der Waals surface area contributed by atoms with Crippen LogP contribution in [0.25, 0.3) is 0 Å². The molecule has 1 amide bonds. The lowest BCUT2D eigenvalue weighted by molar-refractivity contribution is -0.135. The van der Waals surface area contributed by atoms with Crippen molar-refractivity contribution in [1.29, 1.82) is 0 Å². The molecule has 0 spiro atoms. The Bertz CT molecular complexity index is 432. The van der Waals surface area contributed by atoms with Crippen LogP contribution in [-0.4, -0.2) is 37.3 Å². The van der Waals surface area contributed by atoms with E-state index < -0.39 is 11.9 Å². The first-order valence-corrected chi connectivity index (χ1v) is 5.07. The topological polar surface area (TPSA) is 46.6 Å².